The minimum atomic E-state index is -0.136. The molecule has 0 spiro atoms. The molecular formula is C16H22Cl2N2O. The molecule has 0 saturated carbocycles. The maximum atomic E-state index is 12.0. The summed E-state index contributed by atoms with van der Waals surface area (Å²) in [7, 11) is 0. The van der Waals surface area contributed by atoms with Gasteiger partial charge in [-0.05, 0) is 50.9 Å². The number of rotatable bonds is 5. The molecule has 21 heavy (non-hydrogen) atoms. The van der Waals surface area contributed by atoms with E-state index < -0.39 is 0 Å². The average Bonchev–Trinajstić information content (AvgIpc) is 2.45. The van der Waals surface area contributed by atoms with Crippen molar-refractivity contribution in [3.63, 3.8) is 0 Å². The number of carbonyl (C=O) groups excluding carboxylic acids is 1. The van der Waals surface area contributed by atoms with Gasteiger partial charge in [0.1, 0.15) is 0 Å². The Kier molecular flexibility index (Phi) is 6.34. The van der Waals surface area contributed by atoms with Crippen LogP contribution < -0.4 is 5.32 Å². The number of amides is 1. The summed E-state index contributed by atoms with van der Waals surface area (Å²) >= 11 is 11.9. The minimum Gasteiger partial charge on any atom is -0.352 e. The predicted molar refractivity (Wildman–Crippen MR) is 88.3 cm³/mol. The van der Waals surface area contributed by atoms with Crippen LogP contribution in [-0.4, -0.2) is 36.5 Å². The number of nitrogens with zero attached hydrogens (tertiary/aromatic N) is 1. The van der Waals surface area contributed by atoms with Crippen LogP contribution >= 0.6 is 23.2 Å². The van der Waals surface area contributed by atoms with Gasteiger partial charge in [-0.1, -0.05) is 29.6 Å². The molecule has 3 nitrogen and oxygen atoms in total. The van der Waals surface area contributed by atoms with Crippen LogP contribution in [0.3, 0.4) is 0 Å². The van der Waals surface area contributed by atoms with Crippen molar-refractivity contribution < 1.29 is 4.79 Å². The fourth-order valence-electron chi connectivity index (χ4n) is 2.74. The number of likely N-dealkylation sites (tertiary alicyclic amines) is 1. The van der Waals surface area contributed by atoms with Gasteiger partial charge in [0.05, 0.1) is 10.6 Å². The van der Waals surface area contributed by atoms with Gasteiger partial charge in [0.25, 0.3) is 5.91 Å². The summed E-state index contributed by atoms with van der Waals surface area (Å²) in [6.45, 7) is 5.17. The van der Waals surface area contributed by atoms with E-state index in [1.807, 2.05) is 0 Å². The van der Waals surface area contributed by atoms with Gasteiger partial charge in [-0.15, -0.1) is 0 Å². The van der Waals surface area contributed by atoms with Crippen LogP contribution in [0.25, 0.3) is 0 Å². The Balaban J connectivity index is 1.74. The summed E-state index contributed by atoms with van der Waals surface area (Å²) in [5.41, 5.74) is 0.479. The maximum Gasteiger partial charge on any atom is 0.252 e. The molecule has 1 fully saturated rings. The summed E-state index contributed by atoms with van der Waals surface area (Å²) < 4.78 is 0. The molecule has 1 unspecified atom stereocenters. The molecule has 1 aliphatic heterocycles. The van der Waals surface area contributed by atoms with Gasteiger partial charge in [0.15, 0.2) is 0 Å². The van der Waals surface area contributed by atoms with Crippen LogP contribution in [0.5, 0.6) is 0 Å². The molecule has 1 atom stereocenters. The second kappa shape index (κ2) is 8.02. The Labute approximate surface area is 136 Å². The largest absolute Gasteiger partial charge is 0.352 e. The van der Waals surface area contributed by atoms with Gasteiger partial charge < -0.3 is 10.2 Å². The molecule has 116 valence electrons. The van der Waals surface area contributed by atoms with Gasteiger partial charge in [0.2, 0.25) is 0 Å². The Morgan fingerprint density at radius 3 is 2.90 bits per heavy atom. The summed E-state index contributed by atoms with van der Waals surface area (Å²) in [5, 5.41) is 3.85. The summed E-state index contributed by atoms with van der Waals surface area (Å²) in [4.78, 5) is 14.5. The van der Waals surface area contributed by atoms with E-state index in [0.717, 1.165) is 13.0 Å². The molecule has 1 amide bonds. The minimum absolute atomic E-state index is 0.136. The zero-order valence-corrected chi connectivity index (χ0v) is 13.9. The number of carbonyl (C=O) groups is 1. The molecule has 2 rings (SSSR count). The van der Waals surface area contributed by atoms with Crippen molar-refractivity contribution in [2.75, 3.05) is 19.6 Å². The van der Waals surface area contributed by atoms with E-state index in [2.05, 4.69) is 17.1 Å². The highest BCUT2D eigenvalue weighted by molar-refractivity contribution is 6.36. The average molecular weight is 329 g/mol. The molecule has 0 radical (unpaired) electrons. The van der Waals surface area contributed by atoms with E-state index in [1.165, 1.54) is 25.8 Å². The molecule has 1 aromatic carbocycles. The van der Waals surface area contributed by atoms with Crippen molar-refractivity contribution >= 4 is 29.1 Å². The van der Waals surface area contributed by atoms with Crippen LogP contribution in [0.15, 0.2) is 18.2 Å². The molecule has 5 heteroatoms. The fourth-order valence-corrected chi connectivity index (χ4v) is 3.24. The van der Waals surface area contributed by atoms with Crippen molar-refractivity contribution in [1.82, 2.24) is 10.2 Å². The topological polar surface area (TPSA) is 32.3 Å². The van der Waals surface area contributed by atoms with Crippen LogP contribution in [0.4, 0.5) is 0 Å². The second-order valence-electron chi connectivity index (χ2n) is 5.61. The highest BCUT2D eigenvalue weighted by Gasteiger charge is 2.17. The first-order valence-corrected chi connectivity index (χ1v) is 8.31. The van der Waals surface area contributed by atoms with E-state index in [1.54, 1.807) is 18.2 Å². The van der Waals surface area contributed by atoms with Gasteiger partial charge >= 0.3 is 0 Å². The number of piperidine rings is 1. The van der Waals surface area contributed by atoms with Crippen molar-refractivity contribution in [3.8, 4) is 0 Å². The van der Waals surface area contributed by atoms with Crippen molar-refractivity contribution in [2.24, 2.45) is 0 Å². The third-order valence-corrected chi connectivity index (χ3v) is 4.57. The standard InChI is InChI=1S/C16H22Cl2N2O/c1-12-5-2-3-9-20(12)10-4-8-19-16(21)14-7-6-13(17)11-15(14)18/h6-7,11-12H,2-5,8-10H2,1H3,(H,19,21). The summed E-state index contributed by atoms with van der Waals surface area (Å²) in [6, 6.07) is 5.60. The maximum absolute atomic E-state index is 12.0. The van der Waals surface area contributed by atoms with Crippen LogP contribution in [0.1, 0.15) is 43.0 Å². The molecule has 1 aromatic rings. The number of halogens is 2. The Morgan fingerprint density at radius 1 is 1.38 bits per heavy atom. The molecule has 0 aromatic heterocycles. The monoisotopic (exact) mass is 328 g/mol. The zero-order valence-electron chi connectivity index (χ0n) is 12.4. The lowest BCUT2D eigenvalue weighted by Crippen LogP contribution is -2.39. The highest BCUT2D eigenvalue weighted by Crippen LogP contribution is 2.21. The molecular weight excluding hydrogens is 307 g/mol. The van der Waals surface area contributed by atoms with Gasteiger partial charge in [-0.3, -0.25) is 4.79 Å². The lowest BCUT2D eigenvalue weighted by atomic mass is 10.0. The quantitative estimate of drug-likeness (QED) is 0.829. The first-order chi connectivity index (χ1) is 10.1. The lowest BCUT2D eigenvalue weighted by molar-refractivity contribution is 0.0949. The van der Waals surface area contributed by atoms with E-state index in [9.17, 15) is 4.79 Å². The first kappa shape index (κ1) is 16.6. The van der Waals surface area contributed by atoms with Gasteiger partial charge in [-0.25, -0.2) is 0 Å². The fraction of sp³-hybridized carbons (Fsp3) is 0.562. The van der Waals surface area contributed by atoms with Crippen molar-refractivity contribution in [1.29, 1.82) is 0 Å². The normalized spacial score (nSPS) is 19.5. The van der Waals surface area contributed by atoms with E-state index in [0.29, 0.717) is 28.2 Å². The molecule has 1 aliphatic rings. The Morgan fingerprint density at radius 2 is 2.19 bits per heavy atom. The molecule has 1 saturated heterocycles. The Hall–Kier alpha value is -0.770. The van der Waals surface area contributed by atoms with Crippen LogP contribution in [0.2, 0.25) is 10.0 Å². The third kappa shape index (κ3) is 4.87. The number of nitrogens with one attached hydrogen (secondary N) is 1. The SMILES string of the molecule is CC1CCCCN1CCCNC(=O)c1ccc(Cl)cc1Cl. The van der Waals surface area contributed by atoms with Crippen molar-refractivity contribution in [2.45, 2.75) is 38.6 Å². The number of hydrogen-bond acceptors (Lipinski definition) is 2. The number of hydrogen-bond donors (Lipinski definition) is 1. The number of benzene rings is 1. The van der Waals surface area contributed by atoms with Crippen LogP contribution in [0, 0.1) is 0 Å². The molecule has 1 N–H and O–H groups in total. The van der Waals surface area contributed by atoms with Crippen LogP contribution in [-0.2, 0) is 0 Å². The zero-order chi connectivity index (χ0) is 15.2. The van der Waals surface area contributed by atoms with Gasteiger partial charge in [-0.2, -0.15) is 0 Å². The smallest absolute Gasteiger partial charge is 0.252 e. The van der Waals surface area contributed by atoms with Gasteiger partial charge in [0, 0.05) is 24.2 Å². The van der Waals surface area contributed by atoms with E-state index >= 15 is 0 Å². The predicted octanol–water partition coefficient (Wildman–Crippen LogP) is 3.99. The molecule has 0 aliphatic carbocycles. The lowest BCUT2D eigenvalue weighted by Gasteiger charge is -2.33. The summed E-state index contributed by atoms with van der Waals surface area (Å²) in [6.07, 6.45) is 4.87. The van der Waals surface area contributed by atoms with E-state index in [-0.39, 0.29) is 5.91 Å². The van der Waals surface area contributed by atoms with Crippen molar-refractivity contribution in [3.05, 3.63) is 33.8 Å². The second-order valence-corrected chi connectivity index (χ2v) is 6.46. The molecule has 0 bridgehead atoms. The summed E-state index contributed by atoms with van der Waals surface area (Å²) in [5.74, 6) is -0.136. The first-order valence-electron chi connectivity index (χ1n) is 7.55. The molecule has 1 heterocycles. The highest BCUT2D eigenvalue weighted by atomic mass is 35.5. The Bertz CT molecular complexity index is 493. The van der Waals surface area contributed by atoms with E-state index in [4.69, 9.17) is 23.2 Å². The third-order valence-electron chi connectivity index (χ3n) is 4.02.